The van der Waals surface area contributed by atoms with Crippen LogP contribution in [0.4, 0.5) is 4.39 Å². The first kappa shape index (κ1) is 14.2. The molecule has 1 N–H and O–H groups in total. The summed E-state index contributed by atoms with van der Waals surface area (Å²) in [5.41, 5.74) is 1.48. The molecule has 0 amide bonds. The third-order valence-corrected chi connectivity index (χ3v) is 2.74. The predicted molar refractivity (Wildman–Crippen MR) is 69.5 cm³/mol. The highest BCUT2D eigenvalue weighted by atomic mass is 19.1. The summed E-state index contributed by atoms with van der Waals surface area (Å²) >= 11 is 0. The van der Waals surface area contributed by atoms with Gasteiger partial charge in [-0.15, -0.1) is 0 Å². The quantitative estimate of drug-likeness (QED) is 0.849. The number of aromatic nitrogens is 1. The smallest absolute Gasteiger partial charge is 0.340 e. The fraction of sp³-hybridized carbons (Fsp3) is 0.286. The van der Waals surface area contributed by atoms with Crippen LogP contribution >= 0.6 is 0 Å². The molecule has 20 heavy (non-hydrogen) atoms. The second kappa shape index (κ2) is 6.29. The first-order chi connectivity index (χ1) is 9.60. The van der Waals surface area contributed by atoms with Gasteiger partial charge in [-0.25, -0.2) is 9.18 Å². The highest BCUT2D eigenvalue weighted by Crippen LogP contribution is 2.12. The lowest BCUT2D eigenvalue weighted by Gasteiger charge is -2.05. The maximum atomic E-state index is 13.7. The molecule has 2 rings (SSSR count). The Morgan fingerprint density at radius 1 is 1.40 bits per heavy atom. The Labute approximate surface area is 115 Å². The molecule has 0 spiro atoms. The third-order valence-electron chi connectivity index (χ3n) is 2.74. The van der Waals surface area contributed by atoms with Crippen molar-refractivity contribution in [2.75, 3.05) is 7.11 Å². The van der Waals surface area contributed by atoms with E-state index in [0.29, 0.717) is 18.8 Å². The molecule has 0 saturated carbocycles. The summed E-state index contributed by atoms with van der Waals surface area (Å²) in [5, 5.41) is 6.88. The van der Waals surface area contributed by atoms with E-state index in [9.17, 15) is 9.18 Å². The van der Waals surface area contributed by atoms with Crippen LogP contribution in [0.1, 0.15) is 27.4 Å². The number of rotatable bonds is 5. The van der Waals surface area contributed by atoms with Crippen LogP contribution in [0, 0.1) is 12.7 Å². The number of esters is 1. The normalized spacial score (nSPS) is 10.6. The van der Waals surface area contributed by atoms with Crippen molar-refractivity contribution in [1.82, 2.24) is 10.5 Å². The van der Waals surface area contributed by atoms with E-state index in [-0.39, 0.29) is 5.56 Å². The van der Waals surface area contributed by atoms with Gasteiger partial charge in [0.05, 0.1) is 24.9 Å². The molecule has 5 nitrogen and oxygen atoms in total. The number of hydrogen-bond donors (Lipinski definition) is 1. The molecule has 0 atom stereocenters. The minimum absolute atomic E-state index is 0.0675. The zero-order chi connectivity index (χ0) is 14.5. The summed E-state index contributed by atoms with van der Waals surface area (Å²) in [5.74, 6) is -0.556. The van der Waals surface area contributed by atoms with Crippen molar-refractivity contribution in [2.24, 2.45) is 0 Å². The van der Waals surface area contributed by atoms with Gasteiger partial charge in [0.1, 0.15) is 5.82 Å². The van der Waals surface area contributed by atoms with Crippen molar-refractivity contribution in [3.63, 3.8) is 0 Å². The van der Waals surface area contributed by atoms with Crippen LogP contribution in [-0.2, 0) is 17.8 Å². The Hall–Kier alpha value is -2.21. The van der Waals surface area contributed by atoms with Crippen molar-refractivity contribution < 1.29 is 18.4 Å². The van der Waals surface area contributed by atoms with Gasteiger partial charge in [0.2, 0.25) is 0 Å². The molecule has 2 aromatic rings. The molecule has 1 aromatic heterocycles. The van der Waals surface area contributed by atoms with E-state index in [4.69, 9.17) is 4.52 Å². The van der Waals surface area contributed by atoms with E-state index < -0.39 is 11.8 Å². The SMILES string of the molecule is COC(=O)c1ccc(CNCc2cc(C)no2)cc1F. The Morgan fingerprint density at radius 2 is 2.20 bits per heavy atom. The van der Waals surface area contributed by atoms with Gasteiger partial charge in [0.15, 0.2) is 5.76 Å². The lowest BCUT2D eigenvalue weighted by Crippen LogP contribution is -2.13. The van der Waals surface area contributed by atoms with E-state index in [2.05, 4.69) is 15.2 Å². The number of hydrogen-bond acceptors (Lipinski definition) is 5. The maximum absolute atomic E-state index is 13.7. The zero-order valence-corrected chi connectivity index (χ0v) is 11.3. The minimum atomic E-state index is -0.681. The average molecular weight is 278 g/mol. The molecule has 0 radical (unpaired) electrons. The van der Waals surface area contributed by atoms with Crippen molar-refractivity contribution >= 4 is 5.97 Å². The molecule has 1 heterocycles. The third kappa shape index (κ3) is 3.42. The summed E-state index contributed by atoms with van der Waals surface area (Å²) in [4.78, 5) is 11.2. The zero-order valence-electron chi connectivity index (χ0n) is 11.3. The average Bonchev–Trinajstić information content (AvgIpc) is 2.84. The second-order valence-corrected chi connectivity index (χ2v) is 4.34. The molecule has 0 aliphatic rings. The lowest BCUT2D eigenvalue weighted by molar-refractivity contribution is 0.0595. The largest absolute Gasteiger partial charge is 0.465 e. The van der Waals surface area contributed by atoms with Gasteiger partial charge >= 0.3 is 5.97 Å². The molecule has 0 aliphatic heterocycles. The van der Waals surface area contributed by atoms with Crippen LogP contribution in [0.5, 0.6) is 0 Å². The van der Waals surface area contributed by atoms with Crippen LogP contribution < -0.4 is 5.32 Å². The monoisotopic (exact) mass is 278 g/mol. The molecule has 0 saturated heterocycles. The van der Waals surface area contributed by atoms with Crippen molar-refractivity contribution in [3.05, 3.63) is 52.7 Å². The lowest BCUT2D eigenvalue weighted by atomic mass is 10.1. The van der Waals surface area contributed by atoms with Crippen LogP contribution in [0.25, 0.3) is 0 Å². The van der Waals surface area contributed by atoms with E-state index in [1.54, 1.807) is 6.07 Å². The summed E-state index contributed by atoms with van der Waals surface area (Å²) in [6, 6.07) is 6.23. The number of carbonyl (C=O) groups excluding carboxylic acids is 1. The molecule has 0 fully saturated rings. The number of carbonyl (C=O) groups is 1. The summed E-state index contributed by atoms with van der Waals surface area (Å²) in [6.07, 6.45) is 0. The molecule has 106 valence electrons. The fourth-order valence-corrected chi connectivity index (χ4v) is 1.77. The Kier molecular flexibility index (Phi) is 4.47. The highest BCUT2D eigenvalue weighted by molar-refractivity contribution is 5.89. The Balaban J connectivity index is 1.93. The van der Waals surface area contributed by atoms with Gasteiger partial charge < -0.3 is 14.6 Å². The van der Waals surface area contributed by atoms with Crippen LogP contribution in [-0.4, -0.2) is 18.2 Å². The number of ether oxygens (including phenoxy) is 1. The van der Waals surface area contributed by atoms with Crippen LogP contribution in [0.2, 0.25) is 0 Å². The second-order valence-electron chi connectivity index (χ2n) is 4.34. The number of nitrogens with one attached hydrogen (secondary N) is 1. The van der Waals surface area contributed by atoms with Gasteiger partial charge in [-0.2, -0.15) is 0 Å². The molecular weight excluding hydrogens is 263 g/mol. The van der Waals surface area contributed by atoms with Gasteiger partial charge in [-0.3, -0.25) is 0 Å². The van der Waals surface area contributed by atoms with Crippen molar-refractivity contribution in [1.29, 1.82) is 0 Å². The Bertz CT molecular complexity index is 610. The summed E-state index contributed by atoms with van der Waals surface area (Å²) in [7, 11) is 1.22. The number of methoxy groups -OCH3 is 1. The number of nitrogens with zero attached hydrogens (tertiary/aromatic N) is 1. The Morgan fingerprint density at radius 3 is 2.80 bits per heavy atom. The van der Waals surface area contributed by atoms with Gasteiger partial charge in [0.25, 0.3) is 0 Å². The van der Waals surface area contributed by atoms with E-state index >= 15 is 0 Å². The molecular formula is C14H15FN2O3. The fourth-order valence-electron chi connectivity index (χ4n) is 1.77. The predicted octanol–water partition coefficient (Wildman–Crippen LogP) is 2.20. The van der Waals surface area contributed by atoms with Crippen LogP contribution in [0.15, 0.2) is 28.8 Å². The van der Waals surface area contributed by atoms with E-state index in [1.807, 2.05) is 13.0 Å². The number of halogens is 1. The standard InChI is InChI=1S/C14H15FN2O3/c1-9-5-11(20-17-9)8-16-7-10-3-4-12(13(15)6-10)14(18)19-2/h3-6,16H,7-8H2,1-2H3. The number of benzene rings is 1. The molecule has 6 heteroatoms. The van der Waals surface area contributed by atoms with Crippen molar-refractivity contribution in [3.8, 4) is 0 Å². The van der Waals surface area contributed by atoms with E-state index in [0.717, 1.165) is 11.3 Å². The topological polar surface area (TPSA) is 64.4 Å². The van der Waals surface area contributed by atoms with Gasteiger partial charge in [-0.1, -0.05) is 11.2 Å². The van der Waals surface area contributed by atoms with E-state index in [1.165, 1.54) is 19.2 Å². The van der Waals surface area contributed by atoms with Gasteiger partial charge in [-0.05, 0) is 24.6 Å². The number of aryl methyl sites for hydroxylation is 1. The molecule has 0 unspecified atom stereocenters. The molecule has 0 bridgehead atoms. The first-order valence-corrected chi connectivity index (χ1v) is 6.10. The van der Waals surface area contributed by atoms with Gasteiger partial charge in [0, 0.05) is 12.6 Å². The highest BCUT2D eigenvalue weighted by Gasteiger charge is 2.12. The minimum Gasteiger partial charge on any atom is -0.465 e. The van der Waals surface area contributed by atoms with Crippen molar-refractivity contribution in [2.45, 2.75) is 20.0 Å². The molecule has 1 aromatic carbocycles. The summed E-state index contributed by atoms with van der Waals surface area (Å²) < 4.78 is 23.2. The first-order valence-electron chi connectivity index (χ1n) is 6.10. The molecule has 0 aliphatic carbocycles. The van der Waals surface area contributed by atoms with Crippen LogP contribution in [0.3, 0.4) is 0 Å². The maximum Gasteiger partial charge on any atom is 0.340 e. The summed E-state index contributed by atoms with van der Waals surface area (Å²) in [6.45, 7) is 2.80.